The molecule has 4 heteroatoms. The van der Waals surface area contributed by atoms with Gasteiger partial charge in [-0.2, -0.15) is 0 Å². The minimum absolute atomic E-state index is 0.0719. The summed E-state index contributed by atoms with van der Waals surface area (Å²) in [5.41, 5.74) is 0. The second-order valence-corrected chi connectivity index (χ2v) is 3.29. The molecule has 0 aliphatic heterocycles. The van der Waals surface area contributed by atoms with Crippen molar-refractivity contribution < 1.29 is 4.79 Å². The smallest absolute Gasteiger partial charge is 0.318 e. The van der Waals surface area contributed by atoms with Gasteiger partial charge in [0.2, 0.25) is 0 Å². The fraction of sp³-hybridized carbons (Fsp3) is 0.400. The van der Waals surface area contributed by atoms with Crippen LogP contribution < -0.4 is 0 Å². The van der Waals surface area contributed by atoms with Gasteiger partial charge in [0.1, 0.15) is 6.33 Å². The van der Waals surface area contributed by atoms with E-state index in [2.05, 4.69) is 11.6 Å². The van der Waals surface area contributed by atoms with Crippen LogP contribution >= 0.6 is 0 Å². The summed E-state index contributed by atoms with van der Waals surface area (Å²) in [5, 5.41) is 0. The number of carbonyl (C=O) groups excluding carboxylic acids is 1. The lowest BCUT2D eigenvalue weighted by Crippen LogP contribution is -2.39. The lowest BCUT2D eigenvalue weighted by molar-refractivity contribution is 0.192. The van der Waals surface area contributed by atoms with Crippen molar-refractivity contribution in [2.45, 2.75) is 19.9 Å². The Morgan fingerprint density at radius 2 is 2.43 bits per heavy atom. The van der Waals surface area contributed by atoms with Crippen molar-refractivity contribution >= 4 is 6.03 Å². The Morgan fingerprint density at radius 1 is 1.71 bits per heavy atom. The first kappa shape index (κ1) is 10.5. The average Bonchev–Trinajstić information content (AvgIpc) is 2.65. The molecular weight excluding hydrogens is 178 g/mol. The Kier molecular flexibility index (Phi) is 3.45. The molecule has 0 fully saturated rings. The summed E-state index contributed by atoms with van der Waals surface area (Å²) >= 11 is 0. The zero-order valence-electron chi connectivity index (χ0n) is 8.55. The molecule has 0 aromatic carbocycles. The van der Waals surface area contributed by atoms with E-state index >= 15 is 0 Å². The van der Waals surface area contributed by atoms with Gasteiger partial charge in [-0.05, 0) is 13.8 Å². The van der Waals surface area contributed by atoms with E-state index in [-0.39, 0.29) is 12.1 Å². The Labute approximate surface area is 83.9 Å². The molecular formula is C10H15N3O. The second-order valence-electron chi connectivity index (χ2n) is 3.29. The number of amides is 1. The first-order valence-corrected chi connectivity index (χ1v) is 4.56. The Bertz CT molecular complexity index is 303. The largest absolute Gasteiger partial charge is 0.329 e. The van der Waals surface area contributed by atoms with E-state index in [1.165, 1.54) is 10.9 Å². The van der Waals surface area contributed by atoms with Gasteiger partial charge in [0.15, 0.2) is 0 Å². The van der Waals surface area contributed by atoms with Gasteiger partial charge in [-0.15, -0.1) is 6.58 Å². The fourth-order valence-corrected chi connectivity index (χ4v) is 1.17. The van der Waals surface area contributed by atoms with Crippen molar-refractivity contribution in [3.05, 3.63) is 31.4 Å². The zero-order chi connectivity index (χ0) is 10.6. The van der Waals surface area contributed by atoms with Crippen molar-refractivity contribution in [3.63, 3.8) is 0 Å². The Morgan fingerprint density at radius 3 is 2.86 bits per heavy atom. The van der Waals surface area contributed by atoms with E-state index in [0.717, 1.165) is 0 Å². The van der Waals surface area contributed by atoms with Crippen LogP contribution in [0.25, 0.3) is 0 Å². The molecule has 1 aromatic heterocycles. The van der Waals surface area contributed by atoms with E-state index < -0.39 is 0 Å². The molecule has 1 heterocycles. The van der Waals surface area contributed by atoms with Crippen LogP contribution in [0.4, 0.5) is 4.79 Å². The van der Waals surface area contributed by atoms with Gasteiger partial charge in [-0.1, -0.05) is 6.08 Å². The maximum atomic E-state index is 11.8. The molecule has 0 saturated carbocycles. The van der Waals surface area contributed by atoms with Crippen molar-refractivity contribution in [1.82, 2.24) is 14.5 Å². The van der Waals surface area contributed by atoms with Crippen molar-refractivity contribution in [1.29, 1.82) is 0 Å². The number of hydrogen-bond acceptors (Lipinski definition) is 2. The molecule has 0 aliphatic rings. The van der Waals surface area contributed by atoms with E-state index in [9.17, 15) is 4.79 Å². The maximum Gasteiger partial charge on any atom is 0.329 e. The molecule has 0 unspecified atom stereocenters. The lowest BCUT2D eigenvalue weighted by Gasteiger charge is -2.24. The van der Waals surface area contributed by atoms with Crippen LogP contribution in [0.5, 0.6) is 0 Å². The van der Waals surface area contributed by atoms with Crippen LogP contribution in [0.1, 0.15) is 13.8 Å². The third-order valence-electron chi connectivity index (χ3n) is 1.92. The summed E-state index contributed by atoms with van der Waals surface area (Å²) in [6.45, 7) is 8.12. The van der Waals surface area contributed by atoms with Crippen LogP contribution in [0.2, 0.25) is 0 Å². The molecule has 4 nitrogen and oxygen atoms in total. The standard InChI is InChI=1S/C10H15N3O/c1-4-6-13(9(2)3)10(14)12-7-5-11-8-12/h4-5,7-9H,1,6H2,2-3H3. The highest BCUT2D eigenvalue weighted by Gasteiger charge is 2.16. The molecule has 0 spiro atoms. The summed E-state index contributed by atoms with van der Waals surface area (Å²) < 4.78 is 1.46. The molecule has 1 amide bonds. The van der Waals surface area contributed by atoms with Crippen LogP contribution in [-0.4, -0.2) is 33.1 Å². The Hall–Kier alpha value is -1.58. The minimum atomic E-state index is -0.0719. The number of aromatic nitrogens is 2. The zero-order valence-corrected chi connectivity index (χ0v) is 8.55. The molecule has 0 bridgehead atoms. The first-order chi connectivity index (χ1) is 6.66. The number of rotatable bonds is 3. The van der Waals surface area contributed by atoms with E-state index in [0.29, 0.717) is 6.54 Å². The predicted molar refractivity (Wildman–Crippen MR) is 55.1 cm³/mol. The fourth-order valence-electron chi connectivity index (χ4n) is 1.17. The molecule has 0 N–H and O–H groups in total. The highest BCUT2D eigenvalue weighted by molar-refractivity contribution is 5.77. The van der Waals surface area contributed by atoms with Crippen molar-refractivity contribution in [2.24, 2.45) is 0 Å². The molecule has 0 aliphatic carbocycles. The molecule has 14 heavy (non-hydrogen) atoms. The summed E-state index contributed by atoms with van der Waals surface area (Å²) in [7, 11) is 0. The molecule has 0 saturated heterocycles. The third-order valence-corrected chi connectivity index (χ3v) is 1.92. The first-order valence-electron chi connectivity index (χ1n) is 4.56. The summed E-state index contributed by atoms with van der Waals surface area (Å²) in [6.07, 6.45) is 6.45. The second kappa shape index (κ2) is 4.60. The van der Waals surface area contributed by atoms with Crippen LogP contribution in [0, 0.1) is 0 Å². The van der Waals surface area contributed by atoms with Gasteiger partial charge < -0.3 is 4.90 Å². The van der Waals surface area contributed by atoms with E-state index in [1.807, 2.05) is 13.8 Å². The van der Waals surface area contributed by atoms with E-state index in [1.54, 1.807) is 23.4 Å². The van der Waals surface area contributed by atoms with Crippen LogP contribution in [0.15, 0.2) is 31.4 Å². The highest BCUT2D eigenvalue weighted by Crippen LogP contribution is 2.02. The van der Waals surface area contributed by atoms with Gasteiger partial charge in [0, 0.05) is 25.0 Å². The van der Waals surface area contributed by atoms with Crippen molar-refractivity contribution in [3.8, 4) is 0 Å². The normalized spacial score (nSPS) is 10.2. The number of carbonyl (C=O) groups is 1. The highest BCUT2D eigenvalue weighted by atomic mass is 16.2. The molecule has 1 rings (SSSR count). The number of nitrogens with zero attached hydrogens (tertiary/aromatic N) is 3. The monoisotopic (exact) mass is 193 g/mol. The van der Waals surface area contributed by atoms with Gasteiger partial charge >= 0.3 is 6.03 Å². The third kappa shape index (κ3) is 2.22. The number of hydrogen-bond donors (Lipinski definition) is 0. The lowest BCUT2D eigenvalue weighted by atomic mass is 10.3. The SMILES string of the molecule is C=CCN(C(=O)n1ccnc1)C(C)C. The number of imidazole rings is 1. The molecule has 0 radical (unpaired) electrons. The maximum absolute atomic E-state index is 11.8. The summed E-state index contributed by atoms with van der Waals surface area (Å²) in [5.74, 6) is 0. The quantitative estimate of drug-likeness (QED) is 0.686. The average molecular weight is 193 g/mol. The summed E-state index contributed by atoms with van der Waals surface area (Å²) in [4.78, 5) is 17.4. The van der Waals surface area contributed by atoms with Crippen LogP contribution in [0.3, 0.4) is 0 Å². The van der Waals surface area contributed by atoms with Gasteiger partial charge in [-0.25, -0.2) is 9.78 Å². The summed E-state index contributed by atoms with van der Waals surface area (Å²) in [6, 6.07) is 0.0836. The molecule has 1 aromatic rings. The predicted octanol–water partition coefficient (Wildman–Crippen LogP) is 1.75. The molecule has 0 atom stereocenters. The van der Waals surface area contributed by atoms with Crippen LogP contribution in [-0.2, 0) is 0 Å². The van der Waals surface area contributed by atoms with Gasteiger partial charge in [0.25, 0.3) is 0 Å². The van der Waals surface area contributed by atoms with Crippen molar-refractivity contribution in [2.75, 3.05) is 6.54 Å². The molecule has 76 valence electrons. The topological polar surface area (TPSA) is 38.1 Å². The van der Waals surface area contributed by atoms with Gasteiger partial charge in [-0.3, -0.25) is 4.57 Å². The minimum Gasteiger partial charge on any atom is -0.318 e. The van der Waals surface area contributed by atoms with E-state index in [4.69, 9.17) is 0 Å². The van der Waals surface area contributed by atoms with Gasteiger partial charge in [0.05, 0.1) is 0 Å². The Balaban J connectivity index is 2.79.